The van der Waals surface area contributed by atoms with E-state index in [0.29, 0.717) is 44.3 Å². The monoisotopic (exact) mass is 323 g/mol. The van der Waals surface area contributed by atoms with Crippen molar-refractivity contribution in [3.63, 3.8) is 0 Å². The Kier molecular flexibility index (Phi) is 2.96. The first-order chi connectivity index (χ1) is 11.6. The van der Waals surface area contributed by atoms with Gasteiger partial charge in [-0.2, -0.15) is 0 Å². The van der Waals surface area contributed by atoms with Crippen molar-refractivity contribution in [1.29, 1.82) is 0 Å². The minimum Gasteiger partial charge on any atom is -0.455 e. The Hall–Kier alpha value is -3.48. The molecule has 0 aliphatic carbocycles. The molecule has 0 aliphatic rings. The number of pyridine rings is 1. The highest BCUT2D eigenvalue weighted by atomic mass is 16.5. The van der Waals surface area contributed by atoms with Crippen LogP contribution in [0.15, 0.2) is 45.6 Å². The highest BCUT2D eigenvalue weighted by Crippen LogP contribution is 2.32. The van der Waals surface area contributed by atoms with Crippen LogP contribution in [-0.4, -0.2) is 18.1 Å². The number of amides is 1. The molecule has 0 saturated heterocycles. The van der Waals surface area contributed by atoms with Gasteiger partial charge in [0.05, 0.1) is 10.9 Å². The van der Waals surface area contributed by atoms with Gasteiger partial charge in [0.25, 0.3) is 5.56 Å². The van der Waals surface area contributed by atoms with Crippen LogP contribution in [0.5, 0.6) is 5.75 Å². The number of carbonyl (C=O) groups excluding carboxylic acids is 1. The molecular formula is C17H13N3O4. The number of nitrogens with two attached hydrogens (primary N) is 1. The fraction of sp³-hybridized carbons (Fsp3) is 0.0588. The molecule has 0 bridgehead atoms. The third-order valence-electron chi connectivity index (χ3n) is 3.84. The van der Waals surface area contributed by atoms with Crippen molar-refractivity contribution >= 4 is 44.6 Å². The molecule has 4 N–H and O–H groups in total. The average Bonchev–Trinajstić information content (AvgIpc) is 2.93. The number of H-pyrrole nitrogens is 1. The number of furan rings is 1. The summed E-state index contributed by atoms with van der Waals surface area (Å²) in [5.41, 5.74) is 7.59. The van der Waals surface area contributed by atoms with Crippen molar-refractivity contribution in [3.8, 4) is 5.75 Å². The summed E-state index contributed by atoms with van der Waals surface area (Å²) in [4.78, 5) is 26.6. The second-order valence-corrected chi connectivity index (χ2v) is 5.36. The molecule has 2 heterocycles. The van der Waals surface area contributed by atoms with Crippen LogP contribution in [-0.2, 0) is 0 Å². The summed E-state index contributed by atoms with van der Waals surface area (Å²) in [7, 11) is 1.47. The largest absolute Gasteiger partial charge is 0.455 e. The molecule has 24 heavy (non-hydrogen) atoms. The van der Waals surface area contributed by atoms with Gasteiger partial charge in [-0.1, -0.05) is 0 Å². The highest BCUT2D eigenvalue weighted by molar-refractivity contribution is 6.13. The summed E-state index contributed by atoms with van der Waals surface area (Å²) in [6.45, 7) is 0. The third kappa shape index (κ3) is 2.06. The van der Waals surface area contributed by atoms with E-state index in [2.05, 4.69) is 10.3 Å². The lowest BCUT2D eigenvalue weighted by atomic mass is 10.1. The minimum atomic E-state index is -0.586. The van der Waals surface area contributed by atoms with Gasteiger partial charge in [0.15, 0.2) is 0 Å². The Morgan fingerprint density at radius 2 is 2.00 bits per heavy atom. The Bertz CT molecular complexity index is 1170. The topological polar surface area (TPSA) is 110 Å². The number of nitrogens with one attached hydrogen (secondary N) is 2. The zero-order valence-corrected chi connectivity index (χ0v) is 12.7. The van der Waals surface area contributed by atoms with Gasteiger partial charge in [-0.05, 0) is 24.3 Å². The first-order valence-corrected chi connectivity index (χ1v) is 7.24. The minimum absolute atomic E-state index is 0.280. The molecule has 7 heteroatoms. The second-order valence-electron chi connectivity index (χ2n) is 5.36. The number of fused-ring (bicyclic) bond motifs is 5. The number of carbonyl (C=O) groups is 1. The number of rotatable bonds is 1. The predicted molar refractivity (Wildman–Crippen MR) is 91.3 cm³/mol. The molecule has 0 fully saturated rings. The van der Waals surface area contributed by atoms with Crippen LogP contribution < -0.4 is 21.3 Å². The van der Waals surface area contributed by atoms with E-state index >= 15 is 0 Å². The molecule has 2 aromatic carbocycles. The number of hydrogen-bond donors (Lipinski definition) is 3. The van der Waals surface area contributed by atoms with Crippen molar-refractivity contribution in [2.75, 3.05) is 12.8 Å². The van der Waals surface area contributed by atoms with Crippen LogP contribution in [0.2, 0.25) is 0 Å². The fourth-order valence-electron chi connectivity index (χ4n) is 2.76. The lowest BCUT2D eigenvalue weighted by Crippen LogP contribution is -2.22. The molecule has 7 nitrogen and oxygen atoms in total. The Balaban J connectivity index is 2.02. The molecule has 120 valence electrons. The average molecular weight is 323 g/mol. The Morgan fingerprint density at radius 1 is 1.21 bits per heavy atom. The third-order valence-corrected chi connectivity index (χ3v) is 3.84. The van der Waals surface area contributed by atoms with Crippen LogP contribution in [0.3, 0.4) is 0 Å². The van der Waals surface area contributed by atoms with Crippen LogP contribution in [0.4, 0.5) is 10.5 Å². The van der Waals surface area contributed by atoms with Crippen molar-refractivity contribution in [1.82, 2.24) is 10.3 Å². The van der Waals surface area contributed by atoms with Crippen LogP contribution >= 0.6 is 0 Å². The second kappa shape index (κ2) is 5.02. The van der Waals surface area contributed by atoms with E-state index in [1.54, 1.807) is 36.4 Å². The molecule has 4 rings (SSSR count). The van der Waals surface area contributed by atoms with Gasteiger partial charge in [0.1, 0.15) is 16.9 Å². The summed E-state index contributed by atoms with van der Waals surface area (Å²) in [6, 6.07) is 10.1. The maximum Gasteiger partial charge on any atom is 0.412 e. The molecule has 0 spiro atoms. The van der Waals surface area contributed by atoms with Crippen molar-refractivity contribution in [2.24, 2.45) is 0 Å². The molecule has 0 aliphatic heterocycles. The summed E-state index contributed by atoms with van der Waals surface area (Å²) in [5, 5.41) is 4.25. The standard InChI is InChI=1S/C17H13N3O4/c1-19-17(22)23-9-3-5-10-12(7-9)20-16(21)14-11-4-2-8(18)6-13(11)24-15(10)14/h2-7H,18H2,1H3,(H,19,22)(H,20,21). The molecule has 0 saturated carbocycles. The lowest BCUT2D eigenvalue weighted by Gasteiger charge is -2.05. The van der Waals surface area contributed by atoms with E-state index < -0.39 is 6.09 Å². The van der Waals surface area contributed by atoms with E-state index in [0.717, 1.165) is 0 Å². The summed E-state index contributed by atoms with van der Waals surface area (Å²) < 4.78 is 10.9. The van der Waals surface area contributed by atoms with Gasteiger partial charge in [0.2, 0.25) is 0 Å². The SMILES string of the molecule is CNC(=O)Oc1ccc2c(c1)[nH]c(=O)c1c3ccc(N)cc3oc21. The summed E-state index contributed by atoms with van der Waals surface area (Å²) >= 11 is 0. The maximum atomic E-state index is 12.5. The fourth-order valence-corrected chi connectivity index (χ4v) is 2.76. The van der Waals surface area contributed by atoms with Gasteiger partial charge in [-0.3, -0.25) is 4.79 Å². The quantitative estimate of drug-likeness (QED) is 0.466. The Morgan fingerprint density at radius 3 is 2.79 bits per heavy atom. The molecule has 2 aromatic heterocycles. The number of anilines is 1. The highest BCUT2D eigenvalue weighted by Gasteiger charge is 2.15. The van der Waals surface area contributed by atoms with E-state index in [1.807, 2.05) is 0 Å². The zero-order valence-electron chi connectivity index (χ0n) is 12.7. The molecule has 0 atom stereocenters. The Labute approximate surface area is 135 Å². The number of nitrogen functional groups attached to an aromatic ring is 1. The van der Waals surface area contributed by atoms with E-state index in [4.69, 9.17) is 14.9 Å². The smallest absolute Gasteiger partial charge is 0.412 e. The number of hydrogen-bond acceptors (Lipinski definition) is 5. The van der Waals surface area contributed by atoms with Crippen molar-refractivity contribution in [2.45, 2.75) is 0 Å². The molecule has 4 aromatic rings. The van der Waals surface area contributed by atoms with Gasteiger partial charge in [0, 0.05) is 35.6 Å². The summed E-state index contributed by atoms with van der Waals surface area (Å²) in [5.74, 6) is 0.317. The van der Waals surface area contributed by atoms with Crippen LogP contribution in [0, 0.1) is 0 Å². The predicted octanol–water partition coefficient (Wildman–Crippen LogP) is 2.73. The van der Waals surface area contributed by atoms with Crippen molar-refractivity contribution in [3.05, 3.63) is 46.8 Å². The maximum absolute atomic E-state index is 12.5. The van der Waals surface area contributed by atoms with Gasteiger partial charge < -0.3 is 25.2 Å². The van der Waals surface area contributed by atoms with Crippen LogP contribution in [0.25, 0.3) is 32.8 Å². The lowest BCUT2D eigenvalue weighted by molar-refractivity contribution is 0.203. The molecular weight excluding hydrogens is 310 g/mol. The number of benzene rings is 2. The first-order valence-electron chi connectivity index (χ1n) is 7.24. The number of aromatic nitrogens is 1. The normalized spacial score (nSPS) is 11.2. The first kappa shape index (κ1) is 14.1. The summed E-state index contributed by atoms with van der Waals surface area (Å²) in [6.07, 6.45) is -0.586. The number of aromatic amines is 1. The van der Waals surface area contributed by atoms with Gasteiger partial charge in [-0.15, -0.1) is 0 Å². The number of ether oxygens (including phenoxy) is 1. The zero-order chi connectivity index (χ0) is 16.8. The van der Waals surface area contributed by atoms with Crippen molar-refractivity contribution < 1.29 is 13.9 Å². The molecule has 0 unspecified atom stereocenters. The van der Waals surface area contributed by atoms with Gasteiger partial charge >= 0.3 is 6.09 Å². The molecule has 1 amide bonds. The van der Waals surface area contributed by atoms with E-state index in [9.17, 15) is 9.59 Å². The molecule has 0 radical (unpaired) electrons. The van der Waals surface area contributed by atoms with E-state index in [1.165, 1.54) is 7.05 Å². The van der Waals surface area contributed by atoms with E-state index in [-0.39, 0.29) is 5.56 Å². The van der Waals surface area contributed by atoms with Gasteiger partial charge in [-0.25, -0.2) is 4.79 Å². The van der Waals surface area contributed by atoms with Crippen LogP contribution in [0.1, 0.15) is 0 Å².